The molecule has 9 nitrogen and oxygen atoms in total. The molecule has 37 heavy (non-hydrogen) atoms. The van der Waals surface area contributed by atoms with E-state index in [2.05, 4.69) is 16.8 Å². The van der Waals surface area contributed by atoms with Crippen molar-refractivity contribution in [2.24, 2.45) is 5.92 Å². The van der Waals surface area contributed by atoms with Crippen LogP contribution in [0.1, 0.15) is 55.8 Å². The normalized spacial score (nSPS) is 20.5. The third-order valence-electron chi connectivity index (χ3n) is 8.36. The van der Waals surface area contributed by atoms with Gasteiger partial charge in [-0.15, -0.1) is 0 Å². The van der Waals surface area contributed by atoms with E-state index >= 15 is 0 Å². The molecule has 0 saturated carbocycles. The Kier molecular flexibility index (Phi) is 8.20. The van der Waals surface area contributed by atoms with Gasteiger partial charge in [0.15, 0.2) is 0 Å². The maximum Gasteiger partial charge on any atom is 0.261 e. The van der Waals surface area contributed by atoms with Crippen molar-refractivity contribution in [2.75, 3.05) is 52.5 Å². The van der Waals surface area contributed by atoms with E-state index in [9.17, 15) is 14.4 Å². The fraction of sp³-hybridized carbons (Fsp3) is 0.643. The minimum atomic E-state index is -0.246. The first kappa shape index (κ1) is 25.9. The molecule has 5 rings (SSSR count). The molecular formula is C28H39N5O4. The van der Waals surface area contributed by atoms with Gasteiger partial charge in [-0.25, -0.2) is 4.98 Å². The van der Waals surface area contributed by atoms with Gasteiger partial charge >= 0.3 is 0 Å². The molecule has 0 atom stereocenters. The van der Waals surface area contributed by atoms with Crippen LogP contribution in [0.15, 0.2) is 29.3 Å². The van der Waals surface area contributed by atoms with Gasteiger partial charge in [0.05, 0.1) is 30.4 Å². The number of carbonyl (C=O) groups is 2. The van der Waals surface area contributed by atoms with Gasteiger partial charge in [-0.3, -0.25) is 23.9 Å². The number of benzene rings is 1. The molecule has 3 saturated heterocycles. The quantitative estimate of drug-likeness (QED) is 0.594. The van der Waals surface area contributed by atoms with Gasteiger partial charge in [0.1, 0.15) is 6.54 Å². The summed E-state index contributed by atoms with van der Waals surface area (Å²) in [4.78, 5) is 49.8. The number of aromatic nitrogens is 2. The van der Waals surface area contributed by atoms with Gasteiger partial charge in [-0.1, -0.05) is 19.8 Å². The van der Waals surface area contributed by atoms with E-state index < -0.39 is 0 Å². The lowest BCUT2D eigenvalue weighted by Crippen LogP contribution is -2.50. The third-order valence-corrected chi connectivity index (χ3v) is 8.36. The van der Waals surface area contributed by atoms with E-state index in [4.69, 9.17) is 4.74 Å². The molecule has 4 heterocycles. The van der Waals surface area contributed by atoms with Crippen molar-refractivity contribution in [2.45, 2.75) is 58.0 Å². The van der Waals surface area contributed by atoms with Crippen LogP contribution in [0, 0.1) is 5.92 Å². The molecule has 0 bridgehead atoms. The molecule has 0 N–H and O–H groups in total. The van der Waals surface area contributed by atoms with E-state index in [1.54, 1.807) is 18.2 Å². The van der Waals surface area contributed by atoms with E-state index in [1.807, 2.05) is 9.80 Å². The number of hydrogen-bond donors (Lipinski definition) is 0. The van der Waals surface area contributed by atoms with Gasteiger partial charge in [0.2, 0.25) is 5.91 Å². The van der Waals surface area contributed by atoms with Gasteiger partial charge in [0, 0.05) is 50.9 Å². The van der Waals surface area contributed by atoms with Gasteiger partial charge in [-0.2, -0.15) is 0 Å². The summed E-state index contributed by atoms with van der Waals surface area (Å²) in [5.41, 5.74) is 0.792. The van der Waals surface area contributed by atoms with Crippen molar-refractivity contribution in [3.8, 4) is 0 Å². The number of piperidine rings is 2. The Morgan fingerprint density at radius 3 is 2.38 bits per heavy atom. The van der Waals surface area contributed by atoms with Gasteiger partial charge in [0.25, 0.3) is 11.5 Å². The second-order valence-electron chi connectivity index (χ2n) is 10.7. The highest BCUT2D eigenvalue weighted by atomic mass is 16.5. The number of ether oxygens (including phenoxy) is 1. The predicted molar refractivity (Wildman–Crippen MR) is 142 cm³/mol. The summed E-state index contributed by atoms with van der Waals surface area (Å²) in [6.07, 6.45) is 7.83. The van der Waals surface area contributed by atoms with Crippen molar-refractivity contribution in [3.05, 3.63) is 40.4 Å². The summed E-state index contributed by atoms with van der Waals surface area (Å²) in [5, 5.41) is 0.430. The summed E-state index contributed by atoms with van der Waals surface area (Å²) in [6, 6.07) is 5.61. The fourth-order valence-electron chi connectivity index (χ4n) is 6.09. The van der Waals surface area contributed by atoms with Crippen molar-refractivity contribution in [1.82, 2.24) is 24.3 Å². The third kappa shape index (κ3) is 5.88. The van der Waals surface area contributed by atoms with Crippen molar-refractivity contribution < 1.29 is 14.3 Å². The van der Waals surface area contributed by atoms with E-state index in [0.717, 1.165) is 78.2 Å². The molecule has 3 fully saturated rings. The monoisotopic (exact) mass is 509 g/mol. The number of likely N-dealkylation sites (tertiary alicyclic amines) is 2. The van der Waals surface area contributed by atoms with Crippen LogP contribution in [0.25, 0.3) is 10.9 Å². The molecule has 3 aliphatic heterocycles. The standard InChI is InChI=1S/C28H39N5O4/c1-2-3-21-6-10-31(11-7-21)26(34)19-33-20-29-25-18-22(4-5-24(25)28(33)36)27(35)32-12-8-23(9-13-32)30-14-16-37-17-15-30/h4-5,18,20-21,23H,2-3,6-17,19H2,1H3. The Hall–Kier alpha value is -2.78. The first-order chi connectivity index (χ1) is 18.0. The predicted octanol–water partition coefficient (Wildman–Crippen LogP) is 2.37. The number of amides is 2. The lowest BCUT2D eigenvalue weighted by molar-refractivity contribution is -0.133. The fourth-order valence-corrected chi connectivity index (χ4v) is 6.09. The summed E-state index contributed by atoms with van der Waals surface area (Å²) in [6.45, 7) is 8.68. The highest BCUT2D eigenvalue weighted by Crippen LogP contribution is 2.22. The van der Waals surface area contributed by atoms with Crippen LogP contribution >= 0.6 is 0 Å². The van der Waals surface area contributed by atoms with Crippen molar-refractivity contribution >= 4 is 22.7 Å². The zero-order valence-electron chi connectivity index (χ0n) is 21.9. The molecule has 0 spiro atoms. The van der Waals surface area contributed by atoms with Crippen LogP contribution in [-0.2, 0) is 16.1 Å². The first-order valence-corrected chi connectivity index (χ1v) is 13.9. The number of carbonyl (C=O) groups excluding carboxylic acids is 2. The second-order valence-corrected chi connectivity index (χ2v) is 10.7. The number of fused-ring (bicyclic) bond motifs is 1. The summed E-state index contributed by atoms with van der Waals surface area (Å²) < 4.78 is 6.85. The summed E-state index contributed by atoms with van der Waals surface area (Å²) >= 11 is 0. The summed E-state index contributed by atoms with van der Waals surface area (Å²) in [5.74, 6) is 0.646. The smallest absolute Gasteiger partial charge is 0.261 e. The minimum absolute atomic E-state index is 0.00101. The summed E-state index contributed by atoms with van der Waals surface area (Å²) in [7, 11) is 0. The Labute approximate surface area is 218 Å². The van der Waals surface area contributed by atoms with E-state index in [1.165, 1.54) is 23.7 Å². The maximum atomic E-state index is 13.2. The van der Waals surface area contributed by atoms with Gasteiger partial charge < -0.3 is 14.5 Å². The molecule has 3 aliphatic rings. The SMILES string of the molecule is CCCC1CCN(C(=O)Cn2cnc3cc(C(=O)N4CCC(N5CCOCC5)CC4)ccc3c2=O)CC1. The molecule has 1 aromatic heterocycles. The Morgan fingerprint density at radius 1 is 0.973 bits per heavy atom. The number of morpholine rings is 1. The molecule has 0 radical (unpaired) electrons. The first-order valence-electron chi connectivity index (χ1n) is 13.9. The molecule has 1 aromatic carbocycles. The van der Waals surface area contributed by atoms with Crippen LogP contribution in [0.4, 0.5) is 0 Å². The minimum Gasteiger partial charge on any atom is -0.379 e. The van der Waals surface area contributed by atoms with Crippen LogP contribution in [0.5, 0.6) is 0 Å². The Morgan fingerprint density at radius 2 is 1.68 bits per heavy atom. The lowest BCUT2D eigenvalue weighted by atomic mass is 9.92. The number of hydrogen-bond acceptors (Lipinski definition) is 6. The van der Waals surface area contributed by atoms with E-state index in [0.29, 0.717) is 28.4 Å². The van der Waals surface area contributed by atoms with Crippen LogP contribution < -0.4 is 5.56 Å². The van der Waals surface area contributed by atoms with Crippen LogP contribution in [0.2, 0.25) is 0 Å². The topological polar surface area (TPSA) is 88.0 Å². The Bertz CT molecular complexity index is 1160. The van der Waals surface area contributed by atoms with Crippen LogP contribution in [0.3, 0.4) is 0 Å². The van der Waals surface area contributed by atoms with Crippen molar-refractivity contribution in [3.63, 3.8) is 0 Å². The Balaban J connectivity index is 1.21. The molecule has 0 aliphatic carbocycles. The molecule has 2 amide bonds. The van der Waals surface area contributed by atoms with Crippen LogP contribution in [-0.4, -0.2) is 94.6 Å². The average Bonchev–Trinajstić information content (AvgIpc) is 2.95. The lowest BCUT2D eigenvalue weighted by Gasteiger charge is -2.40. The molecule has 2 aromatic rings. The average molecular weight is 510 g/mol. The zero-order chi connectivity index (χ0) is 25.8. The highest BCUT2D eigenvalue weighted by molar-refractivity contribution is 5.97. The molecule has 0 unspecified atom stereocenters. The van der Waals surface area contributed by atoms with Crippen molar-refractivity contribution in [1.29, 1.82) is 0 Å². The second kappa shape index (κ2) is 11.7. The molecule has 200 valence electrons. The molecule has 9 heteroatoms. The number of nitrogens with zero attached hydrogens (tertiary/aromatic N) is 5. The zero-order valence-corrected chi connectivity index (χ0v) is 21.9. The largest absolute Gasteiger partial charge is 0.379 e. The molecular weight excluding hydrogens is 470 g/mol. The number of rotatable bonds is 6. The maximum absolute atomic E-state index is 13.2. The highest BCUT2D eigenvalue weighted by Gasteiger charge is 2.28. The van der Waals surface area contributed by atoms with E-state index in [-0.39, 0.29) is 23.9 Å². The van der Waals surface area contributed by atoms with Gasteiger partial charge in [-0.05, 0) is 49.8 Å².